The molecule has 1 N–H and O–H groups in total. The van der Waals surface area contributed by atoms with Crippen LogP contribution in [0.25, 0.3) is 0 Å². The molecule has 1 aromatic rings. The Morgan fingerprint density at radius 2 is 2.30 bits per heavy atom. The van der Waals surface area contributed by atoms with Crippen LogP contribution in [-0.4, -0.2) is 20.6 Å². The largest absolute Gasteiger partial charge is 0.177 e. The quantitative estimate of drug-likeness (QED) is 0.621. The summed E-state index contributed by atoms with van der Waals surface area (Å²) >= 11 is 0. The van der Waals surface area contributed by atoms with Crippen LogP contribution in [-0.2, 0) is 0 Å². The molecule has 0 amide bonds. The standard InChI is InChI=1S/C6H10N4/c1-4-2-5(3-4)6-7-9-10-8-6/h4-5H,2-3H2,1H3,(H,7,8,9,10). The molecular weight excluding hydrogens is 128 g/mol. The van der Waals surface area contributed by atoms with Gasteiger partial charge >= 0.3 is 0 Å². The van der Waals surface area contributed by atoms with Crippen LogP contribution in [0.3, 0.4) is 0 Å². The minimum Gasteiger partial charge on any atom is -0.177 e. The van der Waals surface area contributed by atoms with Crippen LogP contribution in [0.15, 0.2) is 0 Å². The van der Waals surface area contributed by atoms with Crippen molar-refractivity contribution in [2.24, 2.45) is 5.92 Å². The van der Waals surface area contributed by atoms with Gasteiger partial charge in [0.05, 0.1) is 0 Å². The molecule has 0 atom stereocenters. The van der Waals surface area contributed by atoms with E-state index in [1.54, 1.807) is 0 Å². The lowest BCUT2D eigenvalue weighted by atomic mass is 9.76. The third kappa shape index (κ3) is 0.798. The van der Waals surface area contributed by atoms with Crippen molar-refractivity contribution in [3.05, 3.63) is 5.82 Å². The van der Waals surface area contributed by atoms with E-state index in [0.29, 0.717) is 5.92 Å². The van der Waals surface area contributed by atoms with E-state index in [-0.39, 0.29) is 0 Å². The minimum atomic E-state index is 0.578. The maximum Gasteiger partial charge on any atom is 0.177 e. The van der Waals surface area contributed by atoms with Gasteiger partial charge in [-0.3, -0.25) is 0 Å². The summed E-state index contributed by atoms with van der Waals surface area (Å²) in [6, 6.07) is 0. The van der Waals surface area contributed by atoms with E-state index in [1.165, 1.54) is 12.8 Å². The predicted octanol–water partition coefficient (Wildman–Crippen LogP) is 0.713. The van der Waals surface area contributed by atoms with Gasteiger partial charge in [0.1, 0.15) is 0 Å². The first kappa shape index (κ1) is 5.82. The molecule has 2 rings (SSSR count). The molecule has 0 bridgehead atoms. The summed E-state index contributed by atoms with van der Waals surface area (Å²) in [4.78, 5) is 0. The number of aromatic amines is 1. The third-order valence-electron chi connectivity index (χ3n) is 2.10. The molecule has 4 nitrogen and oxygen atoms in total. The van der Waals surface area contributed by atoms with Gasteiger partial charge in [-0.1, -0.05) is 12.1 Å². The normalized spacial score (nSPS) is 31.7. The second-order valence-electron chi connectivity index (χ2n) is 3.04. The minimum absolute atomic E-state index is 0.578. The van der Waals surface area contributed by atoms with Crippen molar-refractivity contribution >= 4 is 0 Å². The lowest BCUT2D eigenvalue weighted by molar-refractivity contribution is 0.278. The molecule has 0 aromatic carbocycles. The number of hydrogen-bond acceptors (Lipinski definition) is 3. The van der Waals surface area contributed by atoms with Gasteiger partial charge in [0.25, 0.3) is 0 Å². The van der Waals surface area contributed by atoms with E-state index in [1.807, 2.05) is 0 Å². The molecule has 0 unspecified atom stereocenters. The summed E-state index contributed by atoms with van der Waals surface area (Å²) in [6.07, 6.45) is 2.44. The summed E-state index contributed by atoms with van der Waals surface area (Å²) in [5.74, 6) is 2.32. The zero-order chi connectivity index (χ0) is 6.97. The number of tetrazole rings is 1. The number of aromatic nitrogens is 4. The molecule has 0 aliphatic heterocycles. The topological polar surface area (TPSA) is 54.5 Å². The fraction of sp³-hybridized carbons (Fsp3) is 0.833. The van der Waals surface area contributed by atoms with Crippen molar-refractivity contribution in [1.29, 1.82) is 0 Å². The maximum absolute atomic E-state index is 3.93. The molecule has 0 saturated heterocycles. The lowest BCUT2D eigenvalue weighted by Crippen LogP contribution is -2.19. The zero-order valence-corrected chi connectivity index (χ0v) is 5.91. The molecule has 0 radical (unpaired) electrons. The lowest BCUT2D eigenvalue weighted by Gasteiger charge is -2.29. The Balaban J connectivity index is 2.04. The van der Waals surface area contributed by atoms with E-state index < -0.39 is 0 Å². The molecule has 1 aromatic heterocycles. The van der Waals surface area contributed by atoms with Crippen LogP contribution in [0.5, 0.6) is 0 Å². The molecule has 1 fully saturated rings. The molecule has 10 heavy (non-hydrogen) atoms. The first-order valence-corrected chi connectivity index (χ1v) is 3.59. The van der Waals surface area contributed by atoms with Crippen LogP contribution in [0, 0.1) is 5.92 Å². The second-order valence-corrected chi connectivity index (χ2v) is 3.04. The van der Waals surface area contributed by atoms with E-state index in [0.717, 1.165) is 11.7 Å². The van der Waals surface area contributed by atoms with Gasteiger partial charge < -0.3 is 0 Å². The SMILES string of the molecule is CC1CC(c2nn[nH]n2)C1. The second kappa shape index (κ2) is 2.04. The van der Waals surface area contributed by atoms with Crippen molar-refractivity contribution < 1.29 is 0 Å². The summed E-state index contributed by atoms with van der Waals surface area (Å²) < 4.78 is 0. The fourth-order valence-corrected chi connectivity index (χ4v) is 1.46. The van der Waals surface area contributed by atoms with Crippen LogP contribution < -0.4 is 0 Å². The number of nitrogens with one attached hydrogen (secondary N) is 1. The Morgan fingerprint density at radius 1 is 1.50 bits per heavy atom. The zero-order valence-electron chi connectivity index (χ0n) is 5.91. The Bertz CT molecular complexity index is 200. The van der Waals surface area contributed by atoms with Crippen LogP contribution in [0.4, 0.5) is 0 Å². The summed E-state index contributed by atoms with van der Waals surface area (Å²) in [5.41, 5.74) is 0. The molecule has 0 spiro atoms. The molecule has 1 saturated carbocycles. The Hall–Kier alpha value is -0.930. The van der Waals surface area contributed by atoms with Gasteiger partial charge in [0, 0.05) is 5.92 Å². The van der Waals surface area contributed by atoms with Crippen molar-refractivity contribution in [1.82, 2.24) is 20.6 Å². The number of nitrogens with zero attached hydrogens (tertiary/aromatic N) is 3. The summed E-state index contributed by atoms with van der Waals surface area (Å²) in [7, 11) is 0. The van der Waals surface area contributed by atoms with Gasteiger partial charge in [0.15, 0.2) is 5.82 Å². The highest BCUT2D eigenvalue weighted by Crippen LogP contribution is 2.38. The fourth-order valence-electron chi connectivity index (χ4n) is 1.46. The monoisotopic (exact) mass is 138 g/mol. The highest BCUT2D eigenvalue weighted by molar-refractivity contribution is 4.98. The van der Waals surface area contributed by atoms with Crippen LogP contribution >= 0.6 is 0 Å². The number of rotatable bonds is 1. The summed E-state index contributed by atoms with van der Waals surface area (Å²) in [6.45, 7) is 2.25. The average molecular weight is 138 g/mol. The molecule has 54 valence electrons. The first-order valence-electron chi connectivity index (χ1n) is 3.59. The molecule has 1 heterocycles. The van der Waals surface area contributed by atoms with Crippen molar-refractivity contribution in [2.45, 2.75) is 25.7 Å². The Morgan fingerprint density at radius 3 is 2.80 bits per heavy atom. The van der Waals surface area contributed by atoms with Crippen LogP contribution in [0.1, 0.15) is 31.5 Å². The van der Waals surface area contributed by atoms with Gasteiger partial charge in [-0.2, -0.15) is 5.21 Å². The Labute approximate surface area is 59.0 Å². The van der Waals surface area contributed by atoms with Crippen molar-refractivity contribution in [3.63, 3.8) is 0 Å². The highest BCUT2D eigenvalue weighted by atomic mass is 15.5. The number of hydrogen-bond donors (Lipinski definition) is 1. The first-order chi connectivity index (χ1) is 4.86. The average Bonchev–Trinajstić information content (AvgIpc) is 2.31. The van der Waals surface area contributed by atoms with Gasteiger partial charge in [-0.15, -0.1) is 10.2 Å². The predicted molar refractivity (Wildman–Crippen MR) is 35.3 cm³/mol. The van der Waals surface area contributed by atoms with Gasteiger partial charge in [-0.05, 0) is 18.8 Å². The smallest absolute Gasteiger partial charge is 0.177 e. The van der Waals surface area contributed by atoms with Gasteiger partial charge in [-0.25, -0.2) is 0 Å². The van der Waals surface area contributed by atoms with Crippen molar-refractivity contribution in [3.8, 4) is 0 Å². The summed E-state index contributed by atoms with van der Waals surface area (Å²) in [5, 5.41) is 13.8. The highest BCUT2D eigenvalue weighted by Gasteiger charge is 2.29. The molecule has 1 aliphatic carbocycles. The van der Waals surface area contributed by atoms with E-state index in [9.17, 15) is 0 Å². The van der Waals surface area contributed by atoms with E-state index >= 15 is 0 Å². The van der Waals surface area contributed by atoms with E-state index in [4.69, 9.17) is 0 Å². The van der Waals surface area contributed by atoms with E-state index in [2.05, 4.69) is 27.5 Å². The molecule has 1 aliphatic rings. The Kier molecular flexibility index (Phi) is 1.19. The van der Waals surface area contributed by atoms with Gasteiger partial charge in [0.2, 0.25) is 0 Å². The molecular formula is C6H10N4. The van der Waals surface area contributed by atoms with Crippen molar-refractivity contribution in [2.75, 3.05) is 0 Å². The van der Waals surface area contributed by atoms with Crippen LogP contribution in [0.2, 0.25) is 0 Å². The maximum atomic E-state index is 3.93. The third-order valence-corrected chi connectivity index (χ3v) is 2.10. The number of H-pyrrole nitrogens is 1. The molecule has 4 heteroatoms.